The highest BCUT2D eigenvalue weighted by Crippen LogP contribution is 2.35. The summed E-state index contributed by atoms with van der Waals surface area (Å²) in [7, 11) is -4.75. The summed E-state index contributed by atoms with van der Waals surface area (Å²) in [6, 6.07) is 0. The van der Waals surface area contributed by atoms with Crippen LogP contribution in [0.15, 0.2) is 0 Å². The zero-order valence-electron chi connectivity index (χ0n) is 6.27. The molecule has 0 aliphatic carbocycles. The summed E-state index contributed by atoms with van der Waals surface area (Å²) in [6.07, 6.45) is -4.02. The summed E-state index contributed by atoms with van der Waals surface area (Å²) in [5.41, 5.74) is 0. The van der Waals surface area contributed by atoms with Crippen LogP contribution in [0.5, 0.6) is 0 Å². The Kier molecular flexibility index (Phi) is 4.48. The van der Waals surface area contributed by atoms with Crippen molar-refractivity contribution in [2.75, 3.05) is 6.61 Å². The van der Waals surface area contributed by atoms with Gasteiger partial charge in [-0.3, -0.25) is 4.52 Å². The van der Waals surface area contributed by atoms with Gasteiger partial charge in [-0.1, -0.05) is 0 Å². The van der Waals surface area contributed by atoms with Gasteiger partial charge < -0.3 is 25.1 Å². The molecule has 5 N–H and O–H groups in total. The summed E-state index contributed by atoms with van der Waals surface area (Å²) >= 11 is 0. The molecule has 0 fully saturated rings. The molecule has 0 aliphatic rings. The van der Waals surface area contributed by atoms with Gasteiger partial charge in [0.05, 0.1) is 6.61 Å². The van der Waals surface area contributed by atoms with Crippen molar-refractivity contribution in [3.63, 3.8) is 0 Å². The van der Waals surface area contributed by atoms with Gasteiger partial charge in [0, 0.05) is 0 Å². The summed E-state index contributed by atoms with van der Waals surface area (Å²) in [5.74, 6) is -1.71. The van der Waals surface area contributed by atoms with Gasteiger partial charge >= 0.3 is 13.8 Å². The number of phosphoric ester groups is 1. The van der Waals surface area contributed by atoms with Gasteiger partial charge in [0.2, 0.25) is 0 Å². The Balaban J connectivity index is 3.95. The number of carboxylic acid groups (broad SMARTS) is 1. The lowest BCUT2D eigenvalue weighted by Crippen LogP contribution is -2.36. The van der Waals surface area contributed by atoms with Crippen molar-refractivity contribution in [1.82, 2.24) is 0 Å². The van der Waals surface area contributed by atoms with Gasteiger partial charge in [-0.15, -0.1) is 0 Å². The lowest BCUT2D eigenvalue weighted by molar-refractivity contribution is -0.154. The molecule has 0 aliphatic heterocycles. The first-order chi connectivity index (χ1) is 5.74. The molecule has 0 heterocycles. The first-order valence-electron chi connectivity index (χ1n) is 3.03. The molecule has 0 amide bonds. The maximum atomic E-state index is 10.1. The Morgan fingerprint density at radius 2 is 1.85 bits per heavy atom. The summed E-state index contributed by atoms with van der Waals surface area (Å²) in [6.45, 7) is -0.961. The molecule has 0 saturated carbocycles. The van der Waals surface area contributed by atoms with Gasteiger partial charge in [-0.25, -0.2) is 9.36 Å². The Labute approximate surface area is 72.6 Å². The molecular formula is C4H9O8P. The minimum Gasteiger partial charge on any atom is -0.479 e. The molecule has 9 heteroatoms. The zero-order valence-corrected chi connectivity index (χ0v) is 7.16. The molecule has 0 saturated heterocycles. The standard InChI is InChI=1S/C4H9O8P/c5-2(3(6)4(7)8)1-12-13(9,10)11/h2-3,5-6H,1H2,(H,7,8)(H2,9,10,11)/t2-,3+/m0/s1. The van der Waals surface area contributed by atoms with Crippen LogP contribution in [0.25, 0.3) is 0 Å². The topological polar surface area (TPSA) is 145 Å². The van der Waals surface area contributed by atoms with Gasteiger partial charge in [0.1, 0.15) is 6.10 Å². The molecule has 8 nitrogen and oxygen atoms in total. The van der Waals surface area contributed by atoms with Crippen molar-refractivity contribution in [2.24, 2.45) is 0 Å². The quantitative estimate of drug-likeness (QED) is 0.328. The van der Waals surface area contributed by atoms with Crippen LogP contribution in [0.3, 0.4) is 0 Å². The van der Waals surface area contributed by atoms with Gasteiger partial charge in [-0.2, -0.15) is 0 Å². The summed E-state index contributed by atoms with van der Waals surface area (Å²) in [5, 5.41) is 25.5. The molecule has 0 spiro atoms. The van der Waals surface area contributed by atoms with Crippen LogP contribution in [-0.4, -0.2) is 49.9 Å². The highest BCUT2D eigenvalue weighted by atomic mass is 31.2. The van der Waals surface area contributed by atoms with E-state index in [-0.39, 0.29) is 0 Å². The molecule has 0 aromatic carbocycles. The maximum Gasteiger partial charge on any atom is 0.469 e. The first kappa shape index (κ1) is 12.5. The SMILES string of the molecule is O=C(O)[C@H](O)[C@@H](O)COP(=O)(O)O. The third kappa shape index (κ3) is 5.69. The maximum absolute atomic E-state index is 10.1. The Morgan fingerprint density at radius 3 is 2.15 bits per heavy atom. The van der Waals surface area contributed by atoms with Crippen LogP contribution in [0.4, 0.5) is 0 Å². The first-order valence-corrected chi connectivity index (χ1v) is 4.56. The van der Waals surface area contributed by atoms with E-state index in [9.17, 15) is 9.36 Å². The van der Waals surface area contributed by atoms with Crippen LogP contribution >= 0.6 is 7.82 Å². The predicted molar refractivity (Wildman–Crippen MR) is 37.6 cm³/mol. The minimum atomic E-state index is -4.75. The number of hydrogen-bond donors (Lipinski definition) is 5. The van der Waals surface area contributed by atoms with Crippen LogP contribution in [0.2, 0.25) is 0 Å². The Bertz CT molecular complexity index is 220. The van der Waals surface area contributed by atoms with Gasteiger partial charge in [0.25, 0.3) is 0 Å². The van der Waals surface area contributed by atoms with E-state index in [0.717, 1.165) is 0 Å². The van der Waals surface area contributed by atoms with Crippen LogP contribution < -0.4 is 0 Å². The second kappa shape index (κ2) is 4.66. The lowest BCUT2D eigenvalue weighted by atomic mass is 10.2. The molecule has 78 valence electrons. The average Bonchev–Trinajstić information content (AvgIpc) is 1.97. The van der Waals surface area contributed by atoms with E-state index in [2.05, 4.69) is 4.52 Å². The van der Waals surface area contributed by atoms with Gasteiger partial charge in [-0.05, 0) is 0 Å². The largest absolute Gasteiger partial charge is 0.479 e. The van der Waals surface area contributed by atoms with Crippen molar-refractivity contribution < 1.29 is 39.0 Å². The number of aliphatic carboxylic acids is 1. The van der Waals surface area contributed by atoms with Crippen molar-refractivity contribution in [3.05, 3.63) is 0 Å². The Hall–Kier alpha value is -0.500. The normalized spacial score (nSPS) is 16.6. The summed E-state index contributed by atoms with van der Waals surface area (Å²) in [4.78, 5) is 26.3. The van der Waals surface area contributed by atoms with E-state index in [1.54, 1.807) is 0 Å². The van der Waals surface area contributed by atoms with E-state index < -0.39 is 32.6 Å². The monoisotopic (exact) mass is 216 g/mol. The van der Waals surface area contributed by atoms with Crippen molar-refractivity contribution in [3.8, 4) is 0 Å². The van der Waals surface area contributed by atoms with Gasteiger partial charge in [0.15, 0.2) is 6.10 Å². The number of rotatable bonds is 5. The van der Waals surface area contributed by atoms with Crippen LogP contribution in [0.1, 0.15) is 0 Å². The number of aliphatic hydroxyl groups excluding tert-OH is 2. The number of carboxylic acids is 1. The number of carbonyl (C=O) groups is 1. The fourth-order valence-corrected chi connectivity index (χ4v) is 0.776. The highest BCUT2D eigenvalue weighted by molar-refractivity contribution is 7.46. The molecule has 0 radical (unpaired) electrons. The number of phosphoric acid groups is 1. The van der Waals surface area contributed by atoms with E-state index in [0.29, 0.717) is 0 Å². The van der Waals surface area contributed by atoms with Crippen LogP contribution in [0, 0.1) is 0 Å². The smallest absolute Gasteiger partial charge is 0.469 e. The Morgan fingerprint density at radius 1 is 1.38 bits per heavy atom. The number of aliphatic hydroxyl groups is 2. The fourth-order valence-electron chi connectivity index (χ4n) is 0.429. The predicted octanol–water partition coefficient (Wildman–Crippen LogP) is -2.10. The molecule has 0 unspecified atom stereocenters. The molecule has 13 heavy (non-hydrogen) atoms. The molecule has 0 aromatic rings. The molecule has 0 aromatic heterocycles. The minimum absolute atomic E-state index is 0.961. The van der Waals surface area contributed by atoms with E-state index in [1.807, 2.05) is 0 Å². The molecule has 0 bridgehead atoms. The highest BCUT2D eigenvalue weighted by Gasteiger charge is 2.26. The molecule has 0 rings (SSSR count). The van der Waals surface area contributed by atoms with Crippen molar-refractivity contribution in [1.29, 1.82) is 0 Å². The molecule has 2 atom stereocenters. The van der Waals surface area contributed by atoms with Crippen molar-refractivity contribution in [2.45, 2.75) is 12.2 Å². The van der Waals surface area contributed by atoms with E-state index in [4.69, 9.17) is 25.1 Å². The van der Waals surface area contributed by atoms with Crippen LogP contribution in [-0.2, 0) is 13.9 Å². The second-order valence-corrected chi connectivity index (χ2v) is 3.38. The fraction of sp³-hybridized carbons (Fsp3) is 0.750. The summed E-state index contributed by atoms with van der Waals surface area (Å²) < 4.78 is 13.8. The lowest BCUT2D eigenvalue weighted by Gasteiger charge is -2.13. The average molecular weight is 216 g/mol. The van der Waals surface area contributed by atoms with Crippen molar-refractivity contribution >= 4 is 13.8 Å². The van der Waals surface area contributed by atoms with E-state index in [1.165, 1.54) is 0 Å². The third-order valence-electron chi connectivity index (χ3n) is 1.03. The number of hydrogen-bond acceptors (Lipinski definition) is 5. The zero-order chi connectivity index (χ0) is 10.6. The third-order valence-corrected chi connectivity index (χ3v) is 1.52. The molecular weight excluding hydrogens is 207 g/mol. The second-order valence-electron chi connectivity index (χ2n) is 2.14. The van der Waals surface area contributed by atoms with E-state index >= 15 is 0 Å².